The number of ether oxygens (including phenoxy) is 2. The van der Waals surface area contributed by atoms with Gasteiger partial charge in [-0.1, -0.05) is 12.1 Å². The molecule has 0 saturated carbocycles. The molecule has 6 heteroatoms. The summed E-state index contributed by atoms with van der Waals surface area (Å²) in [5.41, 5.74) is 0.365. The number of rotatable bonds is 4. The number of carbonyl (C=O) groups excluding carboxylic acids is 1. The third-order valence-corrected chi connectivity index (χ3v) is 2.62. The van der Waals surface area contributed by atoms with Gasteiger partial charge in [0.2, 0.25) is 0 Å². The van der Waals surface area contributed by atoms with E-state index in [0.717, 1.165) is 4.90 Å². The Labute approximate surface area is 103 Å². The fourth-order valence-corrected chi connectivity index (χ4v) is 1.80. The van der Waals surface area contributed by atoms with E-state index in [0.29, 0.717) is 18.7 Å². The summed E-state index contributed by atoms with van der Waals surface area (Å²) in [5.74, 6) is -1.32. The summed E-state index contributed by atoms with van der Waals surface area (Å²) in [6, 6.07) is 6.24. The predicted molar refractivity (Wildman–Crippen MR) is 60.9 cm³/mol. The van der Waals surface area contributed by atoms with Crippen molar-refractivity contribution < 1.29 is 23.0 Å². The third kappa shape index (κ3) is 2.28. The van der Waals surface area contributed by atoms with Gasteiger partial charge in [0, 0.05) is 20.3 Å². The SMILES string of the molecule is COCCCN1C(=O)C(F)(F)Oc2ccccc21. The van der Waals surface area contributed by atoms with Gasteiger partial charge in [-0.05, 0) is 18.6 Å². The fourth-order valence-electron chi connectivity index (χ4n) is 1.80. The summed E-state index contributed by atoms with van der Waals surface area (Å²) in [7, 11) is 1.52. The van der Waals surface area contributed by atoms with Gasteiger partial charge in [0.25, 0.3) is 0 Å². The number of anilines is 1. The van der Waals surface area contributed by atoms with Crippen molar-refractivity contribution in [1.29, 1.82) is 0 Å². The zero-order chi connectivity index (χ0) is 13.2. The van der Waals surface area contributed by atoms with Gasteiger partial charge in [-0.2, -0.15) is 8.78 Å². The van der Waals surface area contributed by atoms with Gasteiger partial charge in [-0.15, -0.1) is 0 Å². The van der Waals surface area contributed by atoms with E-state index < -0.39 is 12.0 Å². The smallest absolute Gasteiger partial charge is 0.423 e. The second kappa shape index (κ2) is 4.89. The highest BCUT2D eigenvalue weighted by Crippen LogP contribution is 2.38. The summed E-state index contributed by atoms with van der Waals surface area (Å²) >= 11 is 0. The van der Waals surface area contributed by atoms with Crippen molar-refractivity contribution in [2.45, 2.75) is 12.5 Å². The molecule has 0 saturated heterocycles. The first-order valence-corrected chi connectivity index (χ1v) is 5.53. The molecular formula is C12H13F2NO3. The number of methoxy groups -OCH3 is 1. The highest BCUT2D eigenvalue weighted by molar-refractivity contribution is 6.00. The van der Waals surface area contributed by atoms with Gasteiger partial charge in [0.15, 0.2) is 5.75 Å². The van der Waals surface area contributed by atoms with Gasteiger partial charge in [0.05, 0.1) is 5.69 Å². The Bertz CT molecular complexity index is 451. The first-order chi connectivity index (χ1) is 8.56. The fraction of sp³-hybridized carbons (Fsp3) is 0.417. The number of nitrogens with zero attached hydrogens (tertiary/aromatic N) is 1. The number of halogens is 2. The predicted octanol–water partition coefficient (Wildman–Crippen LogP) is 2.04. The maximum atomic E-state index is 13.4. The van der Waals surface area contributed by atoms with E-state index in [1.165, 1.54) is 13.2 Å². The number of para-hydroxylation sites is 2. The van der Waals surface area contributed by atoms with Crippen molar-refractivity contribution in [3.8, 4) is 5.75 Å². The zero-order valence-corrected chi connectivity index (χ0v) is 9.86. The van der Waals surface area contributed by atoms with Crippen molar-refractivity contribution in [1.82, 2.24) is 0 Å². The molecule has 1 aromatic rings. The molecule has 0 bridgehead atoms. The maximum absolute atomic E-state index is 13.4. The Morgan fingerprint density at radius 1 is 1.39 bits per heavy atom. The molecule has 0 N–H and O–H groups in total. The first-order valence-electron chi connectivity index (χ1n) is 5.53. The molecule has 1 aliphatic rings. The molecule has 2 rings (SSSR count). The molecule has 1 heterocycles. The quantitative estimate of drug-likeness (QED) is 0.775. The van der Waals surface area contributed by atoms with E-state index in [9.17, 15) is 13.6 Å². The maximum Gasteiger partial charge on any atom is 0.482 e. The second-order valence-electron chi connectivity index (χ2n) is 3.89. The Balaban J connectivity index is 2.27. The number of benzene rings is 1. The van der Waals surface area contributed by atoms with E-state index in [1.54, 1.807) is 18.2 Å². The van der Waals surface area contributed by atoms with E-state index in [2.05, 4.69) is 4.74 Å². The molecule has 0 radical (unpaired) electrons. The standard InChI is InChI=1S/C12H13F2NO3/c1-17-8-4-7-15-9-5-2-3-6-10(9)18-12(13,14)11(15)16/h2-3,5-6H,4,7-8H2,1H3. The number of hydrogen-bond acceptors (Lipinski definition) is 3. The number of hydrogen-bond donors (Lipinski definition) is 0. The minimum atomic E-state index is -3.80. The molecule has 0 unspecified atom stereocenters. The summed E-state index contributed by atoms with van der Waals surface area (Å²) in [6.07, 6.45) is -3.33. The lowest BCUT2D eigenvalue weighted by molar-refractivity contribution is -0.192. The first kappa shape index (κ1) is 12.8. The molecule has 18 heavy (non-hydrogen) atoms. The molecule has 4 nitrogen and oxygen atoms in total. The molecule has 0 fully saturated rings. The summed E-state index contributed by atoms with van der Waals surface area (Å²) < 4.78 is 36.0. The van der Waals surface area contributed by atoms with Gasteiger partial charge < -0.3 is 14.4 Å². The Morgan fingerprint density at radius 2 is 2.11 bits per heavy atom. The number of fused-ring (bicyclic) bond motifs is 1. The summed E-state index contributed by atoms with van der Waals surface area (Å²) in [4.78, 5) is 12.7. The van der Waals surface area contributed by atoms with Crippen LogP contribution in [-0.2, 0) is 9.53 Å². The Kier molecular flexibility index (Phi) is 3.47. The molecule has 1 amide bonds. The summed E-state index contributed by atoms with van der Waals surface area (Å²) in [5, 5.41) is 0. The van der Waals surface area contributed by atoms with Crippen LogP contribution in [0.4, 0.5) is 14.5 Å². The van der Waals surface area contributed by atoms with E-state index >= 15 is 0 Å². The van der Waals surface area contributed by atoms with Crippen LogP contribution in [0.1, 0.15) is 6.42 Å². The Hall–Kier alpha value is -1.69. The molecule has 0 spiro atoms. The third-order valence-electron chi connectivity index (χ3n) is 2.62. The highest BCUT2D eigenvalue weighted by atomic mass is 19.3. The normalized spacial score (nSPS) is 17.3. The van der Waals surface area contributed by atoms with Crippen LogP contribution >= 0.6 is 0 Å². The number of amides is 1. The molecule has 98 valence electrons. The highest BCUT2D eigenvalue weighted by Gasteiger charge is 2.50. The van der Waals surface area contributed by atoms with Crippen LogP contribution < -0.4 is 9.64 Å². The lowest BCUT2D eigenvalue weighted by atomic mass is 10.2. The van der Waals surface area contributed by atoms with Crippen molar-refractivity contribution in [2.75, 3.05) is 25.2 Å². The summed E-state index contributed by atoms with van der Waals surface area (Å²) in [6.45, 7) is 0.570. The monoisotopic (exact) mass is 257 g/mol. The van der Waals surface area contributed by atoms with Crippen LogP contribution in [0.2, 0.25) is 0 Å². The molecule has 0 atom stereocenters. The van der Waals surface area contributed by atoms with Crippen LogP contribution in [-0.4, -0.2) is 32.3 Å². The molecule has 0 aromatic heterocycles. The zero-order valence-electron chi connectivity index (χ0n) is 9.86. The van der Waals surface area contributed by atoms with E-state index in [4.69, 9.17) is 4.74 Å². The second-order valence-corrected chi connectivity index (χ2v) is 3.89. The Morgan fingerprint density at radius 3 is 2.83 bits per heavy atom. The van der Waals surface area contributed by atoms with Crippen molar-refractivity contribution in [2.24, 2.45) is 0 Å². The van der Waals surface area contributed by atoms with Gasteiger partial charge >= 0.3 is 12.0 Å². The van der Waals surface area contributed by atoms with E-state index in [-0.39, 0.29) is 12.3 Å². The lowest BCUT2D eigenvalue weighted by Gasteiger charge is -2.33. The molecule has 1 aromatic carbocycles. The van der Waals surface area contributed by atoms with Gasteiger partial charge in [-0.3, -0.25) is 4.79 Å². The average Bonchev–Trinajstić information content (AvgIpc) is 2.34. The topological polar surface area (TPSA) is 38.8 Å². The van der Waals surface area contributed by atoms with Crippen LogP contribution in [0.3, 0.4) is 0 Å². The van der Waals surface area contributed by atoms with Crippen molar-refractivity contribution in [3.63, 3.8) is 0 Å². The molecular weight excluding hydrogens is 244 g/mol. The van der Waals surface area contributed by atoms with Crippen molar-refractivity contribution in [3.05, 3.63) is 24.3 Å². The lowest BCUT2D eigenvalue weighted by Crippen LogP contribution is -2.51. The van der Waals surface area contributed by atoms with Crippen LogP contribution in [0.5, 0.6) is 5.75 Å². The van der Waals surface area contributed by atoms with Gasteiger partial charge in [-0.25, -0.2) is 0 Å². The van der Waals surface area contributed by atoms with Gasteiger partial charge in [0.1, 0.15) is 0 Å². The molecule has 0 aliphatic carbocycles. The van der Waals surface area contributed by atoms with Crippen molar-refractivity contribution >= 4 is 11.6 Å². The number of alkyl halides is 2. The average molecular weight is 257 g/mol. The van der Waals surface area contributed by atoms with Crippen LogP contribution in [0.15, 0.2) is 24.3 Å². The largest absolute Gasteiger partial charge is 0.482 e. The minimum Gasteiger partial charge on any atom is -0.423 e. The van der Waals surface area contributed by atoms with Crippen LogP contribution in [0, 0.1) is 0 Å². The van der Waals surface area contributed by atoms with E-state index in [1.807, 2.05) is 0 Å². The van der Waals surface area contributed by atoms with Crippen LogP contribution in [0.25, 0.3) is 0 Å². The minimum absolute atomic E-state index is 0.0134. The molecule has 1 aliphatic heterocycles. The number of carbonyl (C=O) groups is 1.